The number of hydrogen-bond donors (Lipinski definition) is 1. The second kappa shape index (κ2) is 7.61. The van der Waals surface area contributed by atoms with Crippen LogP contribution >= 0.6 is 0 Å². The van der Waals surface area contributed by atoms with Crippen LogP contribution in [-0.2, 0) is 4.79 Å². The van der Waals surface area contributed by atoms with E-state index in [0.29, 0.717) is 43.4 Å². The Morgan fingerprint density at radius 2 is 1.73 bits per heavy atom. The van der Waals surface area contributed by atoms with Crippen molar-refractivity contribution in [2.45, 2.75) is 6.92 Å². The van der Waals surface area contributed by atoms with Gasteiger partial charge in [-0.3, -0.25) is 9.59 Å². The minimum absolute atomic E-state index is 0.0213. The van der Waals surface area contributed by atoms with E-state index in [-0.39, 0.29) is 11.8 Å². The molecule has 0 saturated carbocycles. The molecule has 1 aliphatic rings. The quantitative estimate of drug-likeness (QED) is 0.897. The van der Waals surface area contributed by atoms with Crippen LogP contribution in [0.1, 0.15) is 23.0 Å². The van der Waals surface area contributed by atoms with Crippen molar-refractivity contribution in [1.29, 1.82) is 5.26 Å². The predicted molar refractivity (Wildman–Crippen MR) is 94.6 cm³/mol. The third-order valence-corrected chi connectivity index (χ3v) is 4.16. The molecule has 2 heterocycles. The Kier molecular flexibility index (Phi) is 5.08. The van der Waals surface area contributed by atoms with Crippen LogP contribution in [0, 0.1) is 11.3 Å². The van der Waals surface area contributed by atoms with Crippen LogP contribution < -0.4 is 5.32 Å². The van der Waals surface area contributed by atoms with Crippen LogP contribution in [0.25, 0.3) is 0 Å². The smallest absolute Gasteiger partial charge is 0.272 e. The monoisotopic (exact) mass is 350 g/mol. The van der Waals surface area contributed by atoms with Gasteiger partial charge >= 0.3 is 0 Å². The summed E-state index contributed by atoms with van der Waals surface area (Å²) in [5.74, 6) is 0.148. The largest absolute Gasteiger partial charge is 0.339 e. The van der Waals surface area contributed by atoms with E-state index in [1.165, 1.54) is 13.1 Å². The second-order valence-corrected chi connectivity index (χ2v) is 5.88. The minimum Gasteiger partial charge on any atom is -0.339 e. The number of rotatable bonds is 3. The molecule has 26 heavy (non-hydrogen) atoms. The maximum atomic E-state index is 12.6. The Bertz CT molecular complexity index is 851. The molecular weight excluding hydrogens is 332 g/mol. The van der Waals surface area contributed by atoms with Crippen molar-refractivity contribution in [3.63, 3.8) is 0 Å². The molecule has 1 N–H and O–H groups in total. The van der Waals surface area contributed by atoms with Gasteiger partial charge in [0.05, 0.1) is 11.6 Å². The number of nitrogens with one attached hydrogen (secondary N) is 1. The summed E-state index contributed by atoms with van der Waals surface area (Å²) in [6.45, 7) is 3.57. The van der Waals surface area contributed by atoms with Crippen molar-refractivity contribution in [1.82, 2.24) is 19.8 Å². The van der Waals surface area contributed by atoms with Crippen molar-refractivity contribution in [3.05, 3.63) is 47.8 Å². The zero-order valence-electron chi connectivity index (χ0n) is 14.3. The van der Waals surface area contributed by atoms with Crippen LogP contribution in [0.4, 0.5) is 11.6 Å². The third-order valence-electron chi connectivity index (χ3n) is 4.16. The number of hydrogen-bond acceptors (Lipinski definition) is 6. The van der Waals surface area contributed by atoms with Crippen molar-refractivity contribution >= 4 is 23.5 Å². The predicted octanol–water partition coefficient (Wildman–Crippen LogP) is 1.40. The Balaban J connectivity index is 1.67. The SMILES string of the molecule is CC(=O)N1CCN(C(=O)c2ccnc(Nc3ccc(C#N)cc3)n2)CC1. The van der Waals surface area contributed by atoms with Gasteiger partial charge in [0.2, 0.25) is 11.9 Å². The van der Waals surface area contributed by atoms with E-state index in [2.05, 4.69) is 21.4 Å². The molecule has 1 aromatic carbocycles. The number of anilines is 2. The molecule has 8 nitrogen and oxygen atoms in total. The molecule has 2 amide bonds. The van der Waals surface area contributed by atoms with Crippen LogP contribution in [0.5, 0.6) is 0 Å². The lowest BCUT2D eigenvalue weighted by molar-refractivity contribution is -0.130. The normalized spacial score (nSPS) is 13.8. The van der Waals surface area contributed by atoms with E-state index in [4.69, 9.17) is 5.26 Å². The molecular formula is C18H18N6O2. The van der Waals surface area contributed by atoms with E-state index in [1.807, 2.05) is 0 Å². The Hall–Kier alpha value is -3.47. The number of amides is 2. The number of carbonyl (C=O) groups excluding carboxylic acids is 2. The number of piperazine rings is 1. The van der Waals surface area contributed by atoms with Gasteiger partial charge in [-0.25, -0.2) is 9.97 Å². The van der Waals surface area contributed by atoms with Gasteiger partial charge in [0, 0.05) is 45.0 Å². The highest BCUT2D eigenvalue weighted by Crippen LogP contribution is 2.15. The first-order valence-electron chi connectivity index (χ1n) is 8.22. The summed E-state index contributed by atoms with van der Waals surface area (Å²) in [4.78, 5) is 35.8. The highest BCUT2D eigenvalue weighted by atomic mass is 16.2. The minimum atomic E-state index is -0.182. The molecule has 0 unspecified atom stereocenters. The van der Waals surface area contributed by atoms with Crippen LogP contribution in [0.15, 0.2) is 36.5 Å². The van der Waals surface area contributed by atoms with Crippen LogP contribution in [-0.4, -0.2) is 57.8 Å². The van der Waals surface area contributed by atoms with Gasteiger partial charge in [-0.15, -0.1) is 0 Å². The first-order valence-corrected chi connectivity index (χ1v) is 8.22. The van der Waals surface area contributed by atoms with Crippen molar-refractivity contribution in [3.8, 4) is 6.07 Å². The Morgan fingerprint density at radius 3 is 2.35 bits per heavy atom. The third kappa shape index (κ3) is 3.95. The Labute approximate surface area is 151 Å². The Morgan fingerprint density at radius 1 is 1.08 bits per heavy atom. The molecule has 3 rings (SSSR count). The van der Waals surface area contributed by atoms with E-state index < -0.39 is 0 Å². The molecule has 0 radical (unpaired) electrons. The van der Waals surface area contributed by atoms with E-state index >= 15 is 0 Å². The molecule has 1 fully saturated rings. The molecule has 0 bridgehead atoms. The molecule has 1 saturated heterocycles. The standard InChI is InChI=1S/C18H18N6O2/c1-13(25)23-8-10-24(11-9-23)17(26)16-6-7-20-18(22-16)21-15-4-2-14(12-19)3-5-15/h2-7H,8-11H2,1H3,(H,20,21,22). The van der Waals surface area contributed by atoms with Crippen LogP contribution in [0.2, 0.25) is 0 Å². The van der Waals surface area contributed by atoms with Gasteiger partial charge in [0.1, 0.15) is 5.69 Å². The number of nitrogens with zero attached hydrogens (tertiary/aromatic N) is 5. The molecule has 2 aromatic rings. The molecule has 0 spiro atoms. The van der Waals surface area contributed by atoms with Gasteiger partial charge in [0.25, 0.3) is 5.91 Å². The van der Waals surface area contributed by atoms with E-state index in [0.717, 1.165) is 5.69 Å². The van der Waals surface area contributed by atoms with Crippen LogP contribution in [0.3, 0.4) is 0 Å². The molecule has 1 aliphatic heterocycles. The number of nitriles is 1. The summed E-state index contributed by atoms with van der Waals surface area (Å²) in [7, 11) is 0. The van der Waals surface area contributed by atoms with Gasteiger partial charge in [-0.1, -0.05) is 0 Å². The number of benzene rings is 1. The first kappa shape index (κ1) is 17.4. The molecule has 8 heteroatoms. The number of carbonyl (C=O) groups is 2. The average Bonchev–Trinajstić information content (AvgIpc) is 2.68. The summed E-state index contributed by atoms with van der Waals surface area (Å²) in [5.41, 5.74) is 1.58. The van der Waals surface area contributed by atoms with Gasteiger partial charge in [0.15, 0.2) is 0 Å². The lowest BCUT2D eigenvalue weighted by atomic mass is 10.2. The number of aromatic nitrogens is 2. The lowest BCUT2D eigenvalue weighted by Crippen LogP contribution is -2.50. The second-order valence-electron chi connectivity index (χ2n) is 5.88. The zero-order valence-corrected chi connectivity index (χ0v) is 14.3. The molecule has 0 atom stereocenters. The molecule has 132 valence electrons. The van der Waals surface area contributed by atoms with E-state index in [1.54, 1.807) is 40.1 Å². The summed E-state index contributed by atoms with van der Waals surface area (Å²) >= 11 is 0. The highest BCUT2D eigenvalue weighted by Gasteiger charge is 2.24. The van der Waals surface area contributed by atoms with E-state index in [9.17, 15) is 9.59 Å². The summed E-state index contributed by atoms with van der Waals surface area (Å²) in [6, 6.07) is 10.5. The fourth-order valence-corrected chi connectivity index (χ4v) is 2.68. The highest BCUT2D eigenvalue weighted by molar-refractivity contribution is 5.92. The lowest BCUT2D eigenvalue weighted by Gasteiger charge is -2.34. The van der Waals surface area contributed by atoms with Gasteiger partial charge in [-0.05, 0) is 30.3 Å². The molecule has 1 aromatic heterocycles. The average molecular weight is 350 g/mol. The summed E-state index contributed by atoms with van der Waals surface area (Å²) < 4.78 is 0. The fourth-order valence-electron chi connectivity index (χ4n) is 2.68. The summed E-state index contributed by atoms with van der Waals surface area (Å²) in [5, 5.41) is 11.8. The molecule has 0 aliphatic carbocycles. The topological polar surface area (TPSA) is 102 Å². The first-order chi connectivity index (χ1) is 12.6. The van der Waals surface area contributed by atoms with Gasteiger partial charge < -0.3 is 15.1 Å². The van der Waals surface area contributed by atoms with Crippen molar-refractivity contribution in [2.75, 3.05) is 31.5 Å². The zero-order chi connectivity index (χ0) is 18.5. The van der Waals surface area contributed by atoms with Crippen molar-refractivity contribution in [2.24, 2.45) is 0 Å². The maximum absolute atomic E-state index is 12.6. The summed E-state index contributed by atoms with van der Waals surface area (Å²) in [6.07, 6.45) is 1.53. The van der Waals surface area contributed by atoms with Gasteiger partial charge in [-0.2, -0.15) is 5.26 Å². The fraction of sp³-hybridized carbons (Fsp3) is 0.278. The van der Waals surface area contributed by atoms with Crippen molar-refractivity contribution < 1.29 is 9.59 Å². The maximum Gasteiger partial charge on any atom is 0.272 e.